The lowest BCUT2D eigenvalue weighted by Crippen LogP contribution is -2.29. The van der Waals surface area contributed by atoms with Gasteiger partial charge in [-0.1, -0.05) is 30.3 Å². The summed E-state index contributed by atoms with van der Waals surface area (Å²) in [5.41, 5.74) is 7.63. The van der Waals surface area contributed by atoms with E-state index >= 15 is 0 Å². The minimum absolute atomic E-state index is 0.0395. The van der Waals surface area contributed by atoms with Crippen LogP contribution in [0.3, 0.4) is 0 Å². The van der Waals surface area contributed by atoms with Crippen molar-refractivity contribution >= 4 is 22.4 Å². The van der Waals surface area contributed by atoms with Crippen LogP contribution in [0, 0.1) is 5.92 Å². The van der Waals surface area contributed by atoms with Gasteiger partial charge in [-0.2, -0.15) is 0 Å². The number of anilines is 1. The number of nitrogens with zero attached hydrogens (tertiary/aromatic N) is 2. The smallest absolute Gasteiger partial charge is 0.226 e. The molecular weight excluding hydrogens is 320 g/mol. The molecule has 128 valence electrons. The molecule has 0 saturated carbocycles. The van der Waals surface area contributed by atoms with Gasteiger partial charge in [0.25, 0.3) is 0 Å². The Bertz CT molecular complexity index is 632. The number of amides is 1. The Balaban J connectivity index is 1.38. The van der Waals surface area contributed by atoms with Crippen molar-refractivity contribution in [1.29, 1.82) is 0 Å². The minimum atomic E-state index is 0.0395. The number of carbonyl (C=O) groups excluding carboxylic acids is 1. The first-order chi connectivity index (χ1) is 11.7. The second-order valence-corrected chi connectivity index (χ2v) is 7.28. The molecule has 1 aliphatic heterocycles. The van der Waals surface area contributed by atoms with Gasteiger partial charge in [0, 0.05) is 43.7 Å². The predicted octanol–water partition coefficient (Wildman–Crippen LogP) is 2.71. The molecule has 6 heteroatoms. The Morgan fingerprint density at radius 3 is 2.92 bits per heavy atom. The van der Waals surface area contributed by atoms with E-state index in [0.717, 1.165) is 32.5 Å². The Morgan fingerprint density at radius 1 is 1.33 bits per heavy atom. The molecule has 1 fully saturated rings. The molecule has 1 saturated heterocycles. The van der Waals surface area contributed by atoms with Crippen LogP contribution in [0.1, 0.15) is 24.8 Å². The average molecular weight is 344 g/mol. The highest BCUT2D eigenvalue weighted by Crippen LogP contribution is 2.23. The third-order valence-corrected chi connectivity index (χ3v) is 5.16. The van der Waals surface area contributed by atoms with Gasteiger partial charge in [-0.3, -0.25) is 9.69 Å². The molecule has 0 radical (unpaired) electrons. The average Bonchev–Trinajstić information content (AvgIpc) is 3.19. The minimum Gasteiger partial charge on any atom is -0.326 e. The molecule has 2 atom stereocenters. The number of nitrogens with two attached hydrogens (primary N) is 1. The summed E-state index contributed by atoms with van der Waals surface area (Å²) in [7, 11) is 0. The van der Waals surface area contributed by atoms with E-state index < -0.39 is 0 Å². The fourth-order valence-electron chi connectivity index (χ4n) is 3.26. The van der Waals surface area contributed by atoms with E-state index in [1.54, 1.807) is 6.20 Å². The normalized spacial score (nSPS) is 21.0. The van der Waals surface area contributed by atoms with Crippen molar-refractivity contribution in [2.75, 3.05) is 18.4 Å². The zero-order chi connectivity index (χ0) is 16.8. The van der Waals surface area contributed by atoms with Gasteiger partial charge >= 0.3 is 0 Å². The van der Waals surface area contributed by atoms with Gasteiger partial charge in [0.2, 0.25) is 5.91 Å². The molecule has 24 heavy (non-hydrogen) atoms. The van der Waals surface area contributed by atoms with Crippen molar-refractivity contribution in [3.8, 4) is 0 Å². The van der Waals surface area contributed by atoms with Crippen LogP contribution in [0.5, 0.6) is 0 Å². The van der Waals surface area contributed by atoms with Crippen LogP contribution in [-0.4, -0.2) is 34.9 Å². The second kappa shape index (κ2) is 8.37. The molecule has 5 nitrogen and oxygen atoms in total. The number of thiazole rings is 1. The maximum Gasteiger partial charge on any atom is 0.226 e. The van der Waals surface area contributed by atoms with E-state index in [1.165, 1.54) is 16.9 Å². The molecule has 0 unspecified atom stereocenters. The van der Waals surface area contributed by atoms with Crippen molar-refractivity contribution in [3.05, 3.63) is 47.5 Å². The molecule has 0 aliphatic carbocycles. The number of carbonyl (C=O) groups is 1. The van der Waals surface area contributed by atoms with E-state index in [1.807, 2.05) is 11.4 Å². The van der Waals surface area contributed by atoms with Crippen LogP contribution in [0.25, 0.3) is 0 Å². The number of hydrogen-bond acceptors (Lipinski definition) is 5. The fourth-order valence-corrected chi connectivity index (χ4v) is 3.80. The van der Waals surface area contributed by atoms with Gasteiger partial charge in [0.1, 0.15) is 0 Å². The van der Waals surface area contributed by atoms with Crippen molar-refractivity contribution in [2.24, 2.45) is 11.7 Å². The summed E-state index contributed by atoms with van der Waals surface area (Å²) in [5.74, 6) is 0.513. The Labute approximate surface area is 146 Å². The van der Waals surface area contributed by atoms with Gasteiger partial charge in [0.05, 0.1) is 0 Å². The van der Waals surface area contributed by atoms with Gasteiger partial charge in [0.15, 0.2) is 5.13 Å². The van der Waals surface area contributed by atoms with Crippen LogP contribution in [0.4, 0.5) is 5.13 Å². The standard InChI is InChI=1S/C18H24N4OS/c19-16-13-22(11-14-5-2-1-3-6-14)12-15(16)7-4-8-17(23)21-18-20-9-10-24-18/h1-3,5-6,9-10,15-16H,4,7-8,11-13,19H2,(H,20,21,23)/t15-,16+/m1/s1. The van der Waals surface area contributed by atoms with Crippen LogP contribution in [0.2, 0.25) is 0 Å². The number of rotatable bonds is 7. The van der Waals surface area contributed by atoms with E-state index in [4.69, 9.17) is 5.73 Å². The van der Waals surface area contributed by atoms with Crippen molar-refractivity contribution < 1.29 is 4.79 Å². The van der Waals surface area contributed by atoms with E-state index in [0.29, 0.717) is 17.5 Å². The maximum atomic E-state index is 11.9. The summed E-state index contributed by atoms with van der Waals surface area (Å²) in [6.07, 6.45) is 4.09. The Hall–Kier alpha value is -1.76. The van der Waals surface area contributed by atoms with Crippen LogP contribution >= 0.6 is 11.3 Å². The maximum absolute atomic E-state index is 11.9. The lowest BCUT2D eigenvalue weighted by atomic mass is 9.97. The van der Waals surface area contributed by atoms with Crippen LogP contribution < -0.4 is 11.1 Å². The SMILES string of the molecule is N[C@H]1CN(Cc2ccccc2)C[C@H]1CCCC(=O)Nc1nccs1. The highest BCUT2D eigenvalue weighted by Gasteiger charge is 2.29. The molecule has 0 spiro atoms. The molecule has 2 aromatic rings. The van der Waals surface area contributed by atoms with Crippen molar-refractivity contribution in [2.45, 2.75) is 31.8 Å². The molecule has 1 aromatic heterocycles. The van der Waals surface area contributed by atoms with Gasteiger partial charge in [-0.15, -0.1) is 11.3 Å². The molecule has 0 bridgehead atoms. The lowest BCUT2D eigenvalue weighted by Gasteiger charge is -2.15. The summed E-state index contributed by atoms with van der Waals surface area (Å²) < 4.78 is 0. The molecule has 1 aliphatic rings. The number of nitrogens with one attached hydrogen (secondary N) is 1. The monoisotopic (exact) mass is 344 g/mol. The quantitative estimate of drug-likeness (QED) is 0.810. The topological polar surface area (TPSA) is 71.2 Å². The van der Waals surface area contributed by atoms with E-state index in [9.17, 15) is 4.79 Å². The zero-order valence-corrected chi connectivity index (χ0v) is 14.5. The number of benzene rings is 1. The molecule has 1 aromatic carbocycles. The third-order valence-electron chi connectivity index (χ3n) is 4.47. The van der Waals surface area contributed by atoms with Crippen LogP contribution in [-0.2, 0) is 11.3 Å². The summed E-state index contributed by atoms with van der Waals surface area (Å²) in [6, 6.07) is 10.7. The number of aromatic nitrogens is 1. The summed E-state index contributed by atoms with van der Waals surface area (Å²) >= 11 is 1.44. The lowest BCUT2D eigenvalue weighted by molar-refractivity contribution is -0.116. The van der Waals surface area contributed by atoms with Crippen molar-refractivity contribution in [1.82, 2.24) is 9.88 Å². The van der Waals surface area contributed by atoms with Gasteiger partial charge in [-0.05, 0) is 24.3 Å². The Kier molecular flexibility index (Phi) is 5.96. The molecule has 2 heterocycles. The van der Waals surface area contributed by atoms with E-state index in [-0.39, 0.29) is 11.9 Å². The van der Waals surface area contributed by atoms with E-state index in [2.05, 4.69) is 39.5 Å². The molecule has 1 amide bonds. The highest BCUT2D eigenvalue weighted by molar-refractivity contribution is 7.13. The number of likely N-dealkylation sites (tertiary alicyclic amines) is 1. The Morgan fingerprint density at radius 2 is 2.17 bits per heavy atom. The number of hydrogen-bond donors (Lipinski definition) is 2. The summed E-state index contributed by atoms with van der Waals surface area (Å²) in [6.45, 7) is 2.91. The van der Waals surface area contributed by atoms with Gasteiger partial charge < -0.3 is 11.1 Å². The van der Waals surface area contributed by atoms with Crippen molar-refractivity contribution in [3.63, 3.8) is 0 Å². The van der Waals surface area contributed by atoms with Gasteiger partial charge in [-0.25, -0.2) is 4.98 Å². The second-order valence-electron chi connectivity index (χ2n) is 6.38. The first kappa shape index (κ1) is 17.1. The highest BCUT2D eigenvalue weighted by atomic mass is 32.1. The molecule has 3 N–H and O–H groups in total. The zero-order valence-electron chi connectivity index (χ0n) is 13.7. The largest absolute Gasteiger partial charge is 0.326 e. The first-order valence-electron chi connectivity index (χ1n) is 8.42. The summed E-state index contributed by atoms with van der Waals surface area (Å²) in [4.78, 5) is 18.4. The fraction of sp³-hybridized carbons (Fsp3) is 0.444. The predicted molar refractivity (Wildman–Crippen MR) is 97.8 cm³/mol. The molecule has 3 rings (SSSR count). The first-order valence-corrected chi connectivity index (χ1v) is 9.30. The summed E-state index contributed by atoms with van der Waals surface area (Å²) in [5, 5.41) is 5.36. The molecular formula is C18H24N4OS. The third kappa shape index (κ3) is 4.87. The van der Waals surface area contributed by atoms with Crippen LogP contribution in [0.15, 0.2) is 41.9 Å².